The molecule has 2 rings (SSSR count). The normalized spacial score (nSPS) is 17.2. The van der Waals surface area contributed by atoms with Crippen molar-refractivity contribution >= 4 is 5.82 Å². The molecule has 1 aromatic rings. The molecule has 2 heterocycles. The highest BCUT2D eigenvalue weighted by Crippen LogP contribution is 2.27. The number of aryl methyl sites for hydroxylation is 2. The lowest BCUT2D eigenvalue weighted by Gasteiger charge is -2.33. The SMILES string of the molecule is Cc1nn(C)c(N(C)C2CCOCC2)c1CNC(C)(C)C. The van der Waals surface area contributed by atoms with E-state index in [1.54, 1.807) is 0 Å². The molecule has 0 radical (unpaired) electrons. The predicted molar refractivity (Wildman–Crippen MR) is 86.8 cm³/mol. The summed E-state index contributed by atoms with van der Waals surface area (Å²) in [7, 11) is 4.23. The molecule has 120 valence electrons. The summed E-state index contributed by atoms with van der Waals surface area (Å²) in [5.41, 5.74) is 2.53. The van der Waals surface area contributed by atoms with Crippen LogP contribution in [0.25, 0.3) is 0 Å². The molecule has 1 aromatic heterocycles. The molecule has 0 aliphatic carbocycles. The molecular formula is C16H30N4O. The van der Waals surface area contributed by atoms with Crippen LogP contribution in [0.15, 0.2) is 0 Å². The van der Waals surface area contributed by atoms with E-state index in [-0.39, 0.29) is 5.54 Å². The van der Waals surface area contributed by atoms with Crippen molar-refractivity contribution in [1.82, 2.24) is 15.1 Å². The van der Waals surface area contributed by atoms with E-state index in [4.69, 9.17) is 4.74 Å². The molecule has 0 spiro atoms. The second-order valence-electron chi connectivity index (χ2n) is 7.07. The van der Waals surface area contributed by atoms with Crippen LogP contribution < -0.4 is 10.2 Å². The van der Waals surface area contributed by atoms with Gasteiger partial charge in [-0.1, -0.05) is 0 Å². The largest absolute Gasteiger partial charge is 0.381 e. The van der Waals surface area contributed by atoms with Crippen LogP contribution in [0.1, 0.15) is 44.9 Å². The molecule has 5 nitrogen and oxygen atoms in total. The summed E-state index contributed by atoms with van der Waals surface area (Å²) in [6.45, 7) is 11.3. The van der Waals surface area contributed by atoms with Crippen molar-refractivity contribution in [2.75, 3.05) is 25.2 Å². The van der Waals surface area contributed by atoms with Gasteiger partial charge in [0.1, 0.15) is 5.82 Å². The number of anilines is 1. The number of nitrogens with one attached hydrogen (secondary N) is 1. The van der Waals surface area contributed by atoms with Crippen LogP contribution in [0.5, 0.6) is 0 Å². The number of hydrogen-bond donors (Lipinski definition) is 1. The number of hydrogen-bond acceptors (Lipinski definition) is 4. The molecule has 1 aliphatic heterocycles. The minimum atomic E-state index is 0.108. The van der Waals surface area contributed by atoms with E-state index in [2.05, 4.69) is 50.1 Å². The summed E-state index contributed by atoms with van der Waals surface area (Å²) in [6, 6.07) is 0.543. The van der Waals surface area contributed by atoms with Crippen LogP contribution in [0.2, 0.25) is 0 Å². The van der Waals surface area contributed by atoms with Crippen molar-refractivity contribution in [2.45, 2.75) is 58.7 Å². The summed E-state index contributed by atoms with van der Waals surface area (Å²) in [6.07, 6.45) is 2.18. The first-order valence-electron chi connectivity index (χ1n) is 7.87. The number of ether oxygens (including phenoxy) is 1. The van der Waals surface area contributed by atoms with Crippen LogP contribution >= 0.6 is 0 Å². The average molecular weight is 294 g/mol. The Morgan fingerprint density at radius 3 is 2.52 bits per heavy atom. The Morgan fingerprint density at radius 2 is 1.95 bits per heavy atom. The molecule has 1 N–H and O–H groups in total. The maximum absolute atomic E-state index is 5.48. The van der Waals surface area contributed by atoms with E-state index < -0.39 is 0 Å². The Balaban J connectivity index is 2.21. The summed E-state index contributed by atoms with van der Waals surface area (Å²) in [5, 5.41) is 8.22. The van der Waals surface area contributed by atoms with Gasteiger partial charge in [0, 0.05) is 51.0 Å². The van der Waals surface area contributed by atoms with Gasteiger partial charge in [0.15, 0.2) is 0 Å². The Hall–Kier alpha value is -1.07. The lowest BCUT2D eigenvalue weighted by molar-refractivity contribution is 0.0852. The Kier molecular flexibility index (Phi) is 4.94. The molecule has 1 fully saturated rings. The standard InChI is InChI=1S/C16H30N4O/c1-12-14(11-17-16(2,3)4)15(20(6)18-12)19(5)13-7-9-21-10-8-13/h13,17H,7-11H2,1-6H3. The molecule has 0 atom stereocenters. The monoisotopic (exact) mass is 294 g/mol. The van der Waals surface area contributed by atoms with E-state index >= 15 is 0 Å². The third-order valence-corrected chi connectivity index (χ3v) is 4.18. The topological polar surface area (TPSA) is 42.3 Å². The minimum absolute atomic E-state index is 0.108. The van der Waals surface area contributed by atoms with Crippen LogP contribution in [0.4, 0.5) is 5.82 Å². The Bertz CT molecular complexity index is 469. The first kappa shape index (κ1) is 16.3. The first-order valence-corrected chi connectivity index (χ1v) is 7.87. The Labute approximate surface area is 128 Å². The van der Waals surface area contributed by atoms with Gasteiger partial charge in [-0.2, -0.15) is 5.10 Å². The van der Waals surface area contributed by atoms with Crippen molar-refractivity contribution in [3.8, 4) is 0 Å². The molecule has 0 bridgehead atoms. The summed E-state index contributed by atoms with van der Waals surface area (Å²) in [5.74, 6) is 1.23. The summed E-state index contributed by atoms with van der Waals surface area (Å²) >= 11 is 0. The molecular weight excluding hydrogens is 264 g/mol. The highest BCUT2D eigenvalue weighted by molar-refractivity contribution is 5.50. The molecule has 21 heavy (non-hydrogen) atoms. The van der Waals surface area contributed by atoms with Crippen molar-refractivity contribution in [3.63, 3.8) is 0 Å². The fourth-order valence-electron chi connectivity index (χ4n) is 2.94. The smallest absolute Gasteiger partial charge is 0.131 e. The second kappa shape index (κ2) is 6.36. The highest BCUT2D eigenvalue weighted by atomic mass is 16.5. The van der Waals surface area contributed by atoms with Gasteiger partial charge in [0.2, 0.25) is 0 Å². The van der Waals surface area contributed by atoms with Gasteiger partial charge in [0.05, 0.1) is 5.69 Å². The second-order valence-corrected chi connectivity index (χ2v) is 7.07. The van der Waals surface area contributed by atoms with E-state index in [1.807, 2.05) is 11.7 Å². The number of rotatable bonds is 4. The molecule has 0 saturated carbocycles. The van der Waals surface area contributed by atoms with Crippen LogP contribution in [0, 0.1) is 6.92 Å². The highest BCUT2D eigenvalue weighted by Gasteiger charge is 2.25. The van der Waals surface area contributed by atoms with E-state index in [0.717, 1.165) is 38.3 Å². The quantitative estimate of drug-likeness (QED) is 0.925. The molecule has 1 aliphatic rings. The number of nitrogens with zero attached hydrogens (tertiary/aromatic N) is 3. The fourth-order valence-corrected chi connectivity index (χ4v) is 2.94. The van der Waals surface area contributed by atoms with Gasteiger partial charge in [-0.05, 0) is 40.5 Å². The van der Waals surface area contributed by atoms with Gasteiger partial charge < -0.3 is 15.0 Å². The predicted octanol–water partition coefficient (Wildman–Crippen LogP) is 2.23. The van der Waals surface area contributed by atoms with Gasteiger partial charge in [-0.15, -0.1) is 0 Å². The minimum Gasteiger partial charge on any atom is -0.381 e. The lowest BCUT2D eigenvalue weighted by Crippen LogP contribution is -2.39. The fraction of sp³-hybridized carbons (Fsp3) is 0.812. The molecule has 0 amide bonds. The Morgan fingerprint density at radius 1 is 1.33 bits per heavy atom. The molecule has 0 unspecified atom stereocenters. The van der Waals surface area contributed by atoms with Crippen molar-refractivity contribution < 1.29 is 4.74 Å². The molecule has 5 heteroatoms. The van der Waals surface area contributed by atoms with Crippen LogP contribution in [0.3, 0.4) is 0 Å². The average Bonchev–Trinajstić information content (AvgIpc) is 2.70. The zero-order chi connectivity index (χ0) is 15.6. The van der Waals surface area contributed by atoms with Gasteiger partial charge in [-0.3, -0.25) is 4.68 Å². The van der Waals surface area contributed by atoms with Crippen LogP contribution in [-0.4, -0.2) is 41.6 Å². The van der Waals surface area contributed by atoms with Crippen LogP contribution in [-0.2, 0) is 18.3 Å². The zero-order valence-electron chi connectivity index (χ0n) is 14.4. The first-order chi connectivity index (χ1) is 9.79. The third kappa shape index (κ3) is 3.98. The van der Waals surface area contributed by atoms with Gasteiger partial charge >= 0.3 is 0 Å². The van der Waals surface area contributed by atoms with E-state index in [1.165, 1.54) is 11.4 Å². The van der Waals surface area contributed by atoms with E-state index in [0.29, 0.717) is 6.04 Å². The van der Waals surface area contributed by atoms with Crippen molar-refractivity contribution in [1.29, 1.82) is 0 Å². The van der Waals surface area contributed by atoms with Crippen molar-refractivity contribution in [3.05, 3.63) is 11.3 Å². The zero-order valence-corrected chi connectivity index (χ0v) is 14.4. The summed E-state index contributed by atoms with van der Waals surface area (Å²) < 4.78 is 7.50. The maximum Gasteiger partial charge on any atom is 0.131 e. The number of aromatic nitrogens is 2. The molecule has 1 saturated heterocycles. The van der Waals surface area contributed by atoms with E-state index in [9.17, 15) is 0 Å². The summed E-state index contributed by atoms with van der Waals surface area (Å²) in [4.78, 5) is 2.39. The van der Waals surface area contributed by atoms with Gasteiger partial charge in [-0.25, -0.2) is 0 Å². The lowest BCUT2D eigenvalue weighted by atomic mass is 10.1. The third-order valence-electron chi connectivity index (χ3n) is 4.18. The van der Waals surface area contributed by atoms with Gasteiger partial charge in [0.25, 0.3) is 0 Å². The van der Waals surface area contributed by atoms with Crippen molar-refractivity contribution in [2.24, 2.45) is 7.05 Å². The molecule has 0 aromatic carbocycles. The maximum atomic E-state index is 5.48.